The molecule has 2 aromatic carbocycles. The van der Waals surface area contributed by atoms with Crippen molar-refractivity contribution in [2.45, 2.75) is 6.61 Å². The zero-order chi connectivity index (χ0) is 14.5. The number of hydrogen-bond acceptors (Lipinski definition) is 3. The number of halogens is 2. The van der Waals surface area contributed by atoms with E-state index < -0.39 is 11.6 Å². The maximum atomic E-state index is 13.4. The number of rotatable bonds is 3. The van der Waals surface area contributed by atoms with E-state index in [1.54, 1.807) is 12.1 Å². The molecule has 0 atom stereocenters. The molecule has 0 aliphatic carbocycles. The minimum atomic E-state index is -0.665. The van der Waals surface area contributed by atoms with Crippen LogP contribution in [-0.2, 0) is 6.61 Å². The highest BCUT2D eigenvalue weighted by Crippen LogP contribution is 2.18. The fourth-order valence-corrected chi connectivity index (χ4v) is 1.59. The van der Waals surface area contributed by atoms with Crippen molar-refractivity contribution in [3.63, 3.8) is 0 Å². The molecule has 0 aliphatic rings. The molecule has 0 N–H and O–H groups in total. The highest BCUT2D eigenvalue weighted by molar-refractivity contribution is 5.37. The summed E-state index contributed by atoms with van der Waals surface area (Å²) < 4.78 is 31.8. The quantitative estimate of drug-likeness (QED) is 0.859. The Kier molecular flexibility index (Phi) is 3.93. The Morgan fingerprint density at radius 3 is 2.30 bits per heavy atom. The summed E-state index contributed by atoms with van der Waals surface area (Å²) in [5.41, 5.74) is 0.454. The summed E-state index contributed by atoms with van der Waals surface area (Å²) in [6.07, 6.45) is 0. The van der Waals surface area contributed by atoms with Crippen LogP contribution in [0.25, 0.3) is 0 Å². The SMILES string of the molecule is N#Cc1ccc(OCc2ccc(F)c(C#N)c2)cc1F. The van der Waals surface area contributed by atoms with Gasteiger partial charge in [0.2, 0.25) is 0 Å². The Morgan fingerprint density at radius 2 is 1.65 bits per heavy atom. The third-order valence-electron chi connectivity index (χ3n) is 2.62. The van der Waals surface area contributed by atoms with Gasteiger partial charge in [0.15, 0.2) is 0 Å². The Bertz CT molecular complexity index is 730. The van der Waals surface area contributed by atoms with E-state index in [2.05, 4.69) is 0 Å². The fourth-order valence-electron chi connectivity index (χ4n) is 1.59. The molecule has 3 nitrogen and oxygen atoms in total. The molecule has 2 rings (SSSR count). The van der Waals surface area contributed by atoms with Gasteiger partial charge in [0.1, 0.15) is 36.1 Å². The van der Waals surface area contributed by atoms with Crippen LogP contribution in [0.5, 0.6) is 5.75 Å². The summed E-state index contributed by atoms with van der Waals surface area (Å²) in [5, 5.41) is 17.3. The van der Waals surface area contributed by atoms with Crippen molar-refractivity contribution in [3.05, 3.63) is 64.7 Å². The van der Waals surface area contributed by atoms with E-state index in [0.29, 0.717) is 5.56 Å². The molecular weight excluding hydrogens is 262 g/mol. The first-order valence-corrected chi connectivity index (χ1v) is 5.65. The van der Waals surface area contributed by atoms with Gasteiger partial charge in [0, 0.05) is 6.07 Å². The van der Waals surface area contributed by atoms with Crippen LogP contribution in [-0.4, -0.2) is 0 Å². The Balaban J connectivity index is 2.11. The molecule has 0 spiro atoms. The molecule has 2 aromatic rings. The lowest BCUT2D eigenvalue weighted by Gasteiger charge is -2.07. The van der Waals surface area contributed by atoms with Crippen LogP contribution in [0.3, 0.4) is 0 Å². The molecule has 0 saturated carbocycles. The summed E-state index contributed by atoms with van der Waals surface area (Å²) in [6.45, 7) is 0.0697. The molecular formula is C15H8F2N2O. The molecule has 0 aliphatic heterocycles. The molecule has 0 amide bonds. The van der Waals surface area contributed by atoms with Gasteiger partial charge in [-0.2, -0.15) is 10.5 Å². The molecule has 5 heteroatoms. The Morgan fingerprint density at radius 1 is 0.900 bits per heavy atom. The molecule has 0 saturated heterocycles. The van der Waals surface area contributed by atoms with Crippen LogP contribution in [0, 0.1) is 34.3 Å². The first-order valence-electron chi connectivity index (χ1n) is 5.65. The van der Waals surface area contributed by atoms with E-state index in [1.807, 2.05) is 0 Å². The molecule has 20 heavy (non-hydrogen) atoms. The maximum Gasteiger partial charge on any atom is 0.144 e. The minimum absolute atomic E-state index is 0.0640. The van der Waals surface area contributed by atoms with Crippen molar-refractivity contribution in [2.24, 2.45) is 0 Å². The molecule has 0 heterocycles. The monoisotopic (exact) mass is 270 g/mol. The second-order valence-electron chi connectivity index (χ2n) is 3.97. The average Bonchev–Trinajstić information content (AvgIpc) is 2.46. The number of nitriles is 2. The van der Waals surface area contributed by atoms with Gasteiger partial charge < -0.3 is 4.74 Å². The van der Waals surface area contributed by atoms with E-state index in [0.717, 1.165) is 6.07 Å². The first kappa shape index (κ1) is 13.5. The third kappa shape index (κ3) is 2.90. The zero-order valence-electron chi connectivity index (χ0n) is 10.2. The molecule has 0 radical (unpaired) electrons. The lowest BCUT2D eigenvalue weighted by Crippen LogP contribution is -1.98. The van der Waals surface area contributed by atoms with E-state index in [-0.39, 0.29) is 23.5 Å². The van der Waals surface area contributed by atoms with Crippen molar-refractivity contribution >= 4 is 0 Å². The summed E-state index contributed by atoms with van der Waals surface area (Å²) in [4.78, 5) is 0. The standard InChI is InChI=1S/C15H8F2N2O/c16-14-4-1-10(5-12(14)8-19)9-20-13-3-2-11(7-18)15(17)6-13/h1-6H,9H2. The second-order valence-corrected chi connectivity index (χ2v) is 3.97. The topological polar surface area (TPSA) is 56.8 Å². The average molecular weight is 270 g/mol. The fraction of sp³-hybridized carbons (Fsp3) is 0.0667. The first-order chi connectivity index (χ1) is 9.63. The van der Waals surface area contributed by atoms with Gasteiger partial charge in [-0.3, -0.25) is 0 Å². The molecule has 98 valence electrons. The van der Waals surface area contributed by atoms with Gasteiger partial charge in [-0.1, -0.05) is 6.07 Å². The Hall–Kier alpha value is -2.92. The van der Waals surface area contributed by atoms with Crippen LogP contribution in [0.1, 0.15) is 16.7 Å². The summed E-state index contributed by atoms with van der Waals surface area (Å²) in [5.74, 6) is -1.01. The van der Waals surface area contributed by atoms with Crippen molar-refractivity contribution in [3.8, 4) is 17.9 Å². The van der Waals surface area contributed by atoms with Gasteiger partial charge in [0.05, 0.1) is 11.1 Å². The normalized spacial score (nSPS) is 9.60. The Labute approximate surface area is 114 Å². The van der Waals surface area contributed by atoms with E-state index in [1.165, 1.54) is 30.3 Å². The lowest BCUT2D eigenvalue weighted by molar-refractivity contribution is 0.304. The predicted octanol–water partition coefficient (Wildman–Crippen LogP) is 3.29. The number of ether oxygens (including phenoxy) is 1. The lowest BCUT2D eigenvalue weighted by atomic mass is 10.1. The van der Waals surface area contributed by atoms with Gasteiger partial charge in [-0.25, -0.2) is 8.78 Å². The number of benzene rings is 2. The summed E-state index contributed by atoms with van der Waals surface area (Å²) in [7, 11) is 0. The van der Waals surface area contributed by atoms with E-state index >= 15 is 0 Å². The van der Waals surface area contributed by atoms with Crippen molar-refractivity contribution < 1.29 is 13.5 Å². The minimum Gasteiger partial charge on any atom is -0.489 e. The van der Waals surface area contributed by atoms with Crippen molar-refractivity contribution in [1.29, 1.82) is 10.5 Å². The number of nitrogens with zero attached hydrogens (tertiary/aromatic N) is 2. The largest absolute Gasteiger partial charge is 0.489 e. The summed E-state index contributed by atoms with van der Waals surface area (Å²) in [6, 6.07) is 11.4. The van der Waals surface area contributed by atoms with Gasteiger partial charge in [-0.05, 0) is 29.8 Å². The smallest absolute Gasteiger partial charge is 0.144 e. The van der Waals surface area contributed by atoms with Crippen LogP contribution >= 0.6 is 0 Å². The van der Waals surface area contributed by atoms with Crippen LogP contribution in [0.4, 0.5) is 8.78 Å². The van der Waals surface area contributed by atoms with E-state index in [4.69, 9.17) is 15.3 Å². The van der Waals surface area contributed by atoms with Gasteiger partial charge in [0.25, 0.3) is 0 Å². The second kappa shape index (κ2) is 5.81. The van der Waals surface area contributed by atoms with Crippen molar-refractivity contribution in [2.75, 3.05) is 0 Å². The van der Waals surface area contributed by atoms with Crippen LogP contribution in [0.15, 0.2) is 36.4 Å². The molecule has 0 aromatic heterocycles. The van der Waals surface area contributed by atoms with Gasteiger partial charge in [-0.15, -0.1) is 0 Å². The van der Waals surface area contributed by atoms with Crippen LogP contribution in [0.2, 0.25) is 0 Å². The van der Waals surface area contributed by atoms with Crippen molar-refractivity contribution in [1.82, 2.24) is 0 Å². The number of hydrogen-bond donors (Lipinski definition) is 0. The highest BCUT2D eigenvalue weighted by Gasteiger charge is 2.06. The predicted molar refractivity (Wildman–Crippen MR) is 66.6 cm³/mol. The highest BCUT2D eigenvalue weighted by atomic mass is 19.1. The molecule has 0 bridgehead atoms. The van der Waals surface area contributed by atoms with Crippen LogP contribution < -0.4 is 4.74 Å². The zero-order valence-corrected chi connectivity index (χ0v) is 10.2. The molecule has 0 fully saturated rings. The maximum absolute atomic E-state index is 13.4. The van der Waals surface area contributed by atoms with E-state index in [9.17, 15) is 8.78 Å². The molecule has 0 unspecified atom stereocenters. The van der Waals surface area contributed by atoms with Gasteiger partial charge >= 0.3 is 0 Å². The third-order valence-corrected chi connectivity index (χ3v) is 2.62. The summed E-state index contributed by atoms with van der Waals surface area (Å²) >= 11 is 0.